The fourth-order valence-electron chi connectivity index (χ4n) is 2.31. The number of rotatable bonds is 2. The van der Waals surface area contributed by atoms with Crippen LogP contribution in [0.3, 0.4) is 0 Å². The third kappa shape index (κ3) is 4.60. The summed E-state index contributed by atoms with van der Waals surface area (Å²) in [5.74, 6) is -0.0358. The highest BCUT2D eigenvalue weighted by Crippen LogP contribution is 2.20. The molecule has 1 aromatic heterocycles. The topological polar surface area (TPSA) is 62.7 Å². The second-order valence-electron chi connectivity index (χ2n) is 6.32. The standard InChI is InChI=1S/C16H23N3O3S/c1-16(2,3)22-15(21)19-10-8-18(9-11-19)14(20)12-6-5-7-17-13(12)23-4/h5-7H,8-11H2,1-4H3. The predicted octanol–water partition coefficient (Wildman–Crippen LogP) is 2.50. The van der Waals surface area contributed by atoms with Crippen molar-refractivity contribution in [2.45, 2.75) is 31.4 Å². The summed E-state index contributed by atoms with van der Waals surface area (Å²) in [6.45, 7) is 7.50. The Morgan fingerprint density at radius 1 is 1.17 bits per heavy atom. The van der Waals surface area contributed by atoms with Crippen molar-refractivity contribution in [3.05, 3.63) is 23.9 Å². The van der Waals surface area contributed by atoms with Crippen LogP contribution in [0.5, 0.6) is 0 Å². The SMILES string of the molecule is CSc1ncccc1C(=O)N1CCN(C(=O)OC(C)(C)C)CC1. The normalized spacial score (nSPS) is 15.5. The molecule has 0 spiro atoms. The molecule has 0 aromatic carbocycles. The molecule has 0 radical (unpaired) electrons. The highest BCUT2D eigenvalue weighted by Gasteiger charge is 2.28. The van der Waals surface area contributed by atoms with Gasteiger partial charge in [0.1, 0.15) is 10.6 Å². The van der Waals surface area contributed by atoms with Crippen LogP contribution in [0.15, 0.2) is 23.4 Å². The second-order valence-corrected chi connectivity index (χ2v) is 7.11. The lowest BCUT2D eigenvalue weighted by Gasteiger charge is -2.35. The Hall–Kier alpha value is -1.76. The fraction of sp³-hybridized carbons (Fsp3) is 0.562. The molecule has 2 heterocycles. The van der Waals surface area contributed by atoms with E-state index in [0.29, 0.717) is 31.7 Å². The zero-order chi connectivity index (χ0) is 17.0. The summed E-state index contributed by atoms with van der Waals surface area (Å²) < 4.78 is 5.36. The van der Waals surface area contributed by atoms with E-state index in [4.69, 9.17) is 4.74 Å². The Bertz CT molecular complexity index is 578. The largest absolute Gasteiger partial charge is 0.444 e. The van der Waals surface area contributed by atoms with Crippen LogP contribution in [0.2, 0.25) is 0 Å². The van der Waals surface area contributed by atoms with Crippen molar-refractivity contribution < 1.29 is 14.3 Å². The van der Waals surface area contributed by atoms with E-state index in [1.54, 1.807) is 28.1 Å². The van der Waals surface area contributed by atoms with Gasteiger partial charge in [0.15, 0.2) is 0 Å². The van der Waals surface area contributed by atoms with Crippen molar-refractivity contribution >= 4 is 23.8 Å². The first-order valence-electron chi connectivity index (χ1n) is 7.58. The van der Waals surface area contributed by atoms with E-state index >= 15 is 0 Å². The molecule has 0 saturated carbocycles. The molecule has 0 aliphatic carbocycles. The first-order valence-corrected chi connectivity index (χ1v) is 8.80. The van der Waals surface area contributed by atoms with E-state index in [9.17, 15) is 9.59 Å². The summed E-state index contributed by atoms with van der Waals surface area (Å²) in [5, 5.41) is 0.729. The quantitative estimate of drug-likeness (QED) is 0.776. The van der Waals surface area contributed by atoms with Gasteiger partial charge in [-0.3, -0.25) is 4.79 Å². The van der Waals surface area contributed by atoms with Crippen molar-refractivity contribution in [2.24, 2.45) is 0 Å². The molecule has 1 saturated heterocycles. The van der Waals surface area contributed by atoms with Crippen molar-refractivity contribution in [1.29, 1.82) is 0 Å². The van der Waals surface area contributed by atoms with Gasteiger partial charge in [0.25, 0.3) is 5.91 Å². The fourth-order valence-corrected chi connectivity index (χ4v) is 2.85. The number of nitrogens with zero attached hydrogens (tertiary/aromatic N) is 3. The molecule has 2 amide bonds. The molecular formula is C16H23N3O3S. The highest BCUT2D eigenvalue weighted by atomic mass is 32.2. The molecule has 126 valence electrons. The summed E-state index contributed by atoms with van der Waals surface area (Å²) in [6.07, 6.45) is 3.26. The average Bonchev–Trinajstić information content (AvgIpc) is 2.52. The second kappa shape index (κ2) is 7.21. The van der Waals surface area contributed by atoms with Crippen LogP contribution in [0.25, 0.3) is 0 Å². The van der Waals surface area contributed by atoms with E-state index in [1.807, 2.05) is 27.0 Å². The molecule has 1 aromatic rings. The Labute approximate surface area is 141 Å². The summed E-state index contributed by atoms with van der Waals surface area (Å²) in [4.78, 5) is 32.3. The number of hydrogen-bond donors (Lipinski definition) is 0. The predicted molar refractivity (Wildman–Crippen MR) is 89.7 cm³/mol. The molecule has 0 atom stereocenters. The van der Waals surface area contributed by atoms with Crippen LogP contribution in [0.4, 0.5) is 4.79 Å². The van der Waals surface area contributed by atoms with Gasteiger partial charge < -0.3 is 14.5 Å². The maximum atomic E-state index is 12.6. The number of carbonyl (C=O) groups excluding carboxylic acids is 2. The number of carbonyl (C=O) groups is 2. The minimum atomic E-state index is -0.507. The van der Waals surface area contributed by atoms with Crippen LogP contribution in [-0.2, 0) is 4.74 Å². The molecule has 0 bridgehead atoms. The van der Waals surface area contributed by atoms with Crippen molar-refractivity contribution in [3.8, 4) is 0 Å². The number of thioether (sulfide) groups is 1. The van der Waals surface area contributed by atoms with E-state index in [0.717, 1.165) is 5.03 Å². The summed E-state index contributed by atoms with van der Waals surface area (Å²) in [6, 6.07) is 3.56. The van der Waals surface area contributed by atoms with Gasteiger partial charge in [-0.25, -0.2) is 9.78 Å². The van der Waals surface area contributed by atoms with Crippen LogP contribution in [0.1, 0.15) is 31.1 Å². The summed E-state index contributed by atoms with van der Waals surface area (Å²) in [5.41, 5.74) is 0.109. The van der Waals surface area contributed by atoms with Crippen LogP contribution in [-0.4, -0.2) is 64.8 Å². The van der Waals surface area contributed by atoms with E-state index in [2.05, 4.69) is 4.98 Å². The van der Waals surface area contributed by atoms with Crippen molar-refractivity contribution in [3.63, 3.8) is 0 Å². The molecule has 7 heteroatoms. The van der Waals surface area contributed by atoms with Gasteiger partial charge in [0, 0.05) is 32.4 Å². The molecule has 0 N–H and O–H groups in total. The van der Waals surface area contributed by atoms with Gasteiger partial charge in [0.2, 0.25) is 0 Å². The number of ether oxygens (including phenoxy) is 1. The number of amides is 2. The molecule has 23 heavy (non-hydrogen) atoms. The van der Waals surface area contributed by atoms with E-state index < -0.39 is 5.60 Å². The Morgan fingerprint density at radius 2 is 1.78 bits per heavy atom. The smallest absolute Gasteiger partial charge is 0.410 e. The summed E-state index contributed by atoms with van der Waals surface area (Å²) in [7, 11) is 0. The number of aromatic nitrogens is 1. The molecule has 2 rings (SSSR count). The van der Waals surface area contributed by atoms with Gasteiger partial charge in [-0.15, -0.1) is 11.8 Å². The Kier molecular flexibility index (Phi) is 5.51. The van der Waals surface area contributed by atoms with Crippen LogP contribution < -0.4 is 0 Å². The van der Waals surface area contributed by atoms with Gasteiger partial charge in [-0.05, 0) is 39.2 Å². The van der Waals surface area contributed by atoms with Gasteiger partial charge in [0.05, 0.1) is 5.56 Å². The zero-order valence-corrected chi connectivity index (χ0v) is 14.9. The first-order chi connectivity index (χ1) is 10.8. The Morgan fingerprint density at radius 3 is 2.35 bits per heavy atom. The molecule has 1 aliphatic rings. The average molecular weight is 337 g/mol. The number of pyridine rings is 1. The molecule has 6 nitrogen and oxygen atoms in total. The molecular weight excluding hydrogens is 314 g/mol. The number of hydrogen-bond acceptors (Lipinski definition) is 5. The van der Waals surface area contributed by atoms with Crippen LogP contribution in [0, 0.1) is 0 Å². The first kappa shape index (κ1) is 17.6. The van der Waals surface area contributed by atoms with E-state index in [-0.39, 0.29) is 12.0 Å². The Balaban J connectivity index is 1.96. The maximum Gasteiger partial charge on any atom is 0.410 e. The zero-order valence-electron chi connectivity index (χ0n) is 14.0. The van der Waals surface area contributed by atoms with Crippen molar-refractivity contribution in [2.75, 3.05) is 32.4 Å². The van der Waals surface area contributed by atoms with Gasteiger partial charge >= 0.3 is 6.09 Å². The minimum Gasteiger partial charge on any atom is -0.444 e. The third-order valence-corrected chi connectivity index (χ3v) is 4.13. The van der Waals surface area contributed by atoms with Crippen LogP contribution >= 0.6 is 11.8 Å². The maximum absolute atomic E-state index is 12.6. The molecule has 1 aliphatic heterocycles. The van der Waals surface area contributed by atoms with E-state index in [1.165, 1.54) is 11.8 Å². The molecule has 0 unspecified atom stereocenters. The lowest BCUT2D eigenvalue weighted by atomic mass is 10.2. The molecule has 1 fully saturated rings. The van der Waals surface area contributed by atoms with Gasteiger partial charge in [-0.2, -0.15) is 0 Å². The minimum absolute atomic E-state index is 0.0358. The van der Waals surface area contributed by atoms with Gasteiger partial charge in [-0.1, -0.05) is 0 Å². The highest BCUT2D eigenvalue weighted by molar-refractivity contribution is 7.98. The third-order valence-electron chi connectivity index (χ3n) is 3.41. The lowest BCUT2D eigenvalue weighted by molar-refractivity contribution is 0.0140. The monoisotopic (exact) mass is 337 g/mol. The lowest BCUT2D eigenvalue weighted by Crippen LogP contribution is -2.51. The number of piperazine rings is 1. The van der Waals surface area contributed by atoms with Crippen molar-refractivity contribution in [1.82, 2.24) is 14.8 Å². The summed E-state index contributed by atoms with van der Waals surface area (Å²) >= 11 is 1.46.